The molecule has 6 nitrogen and oxygen atoms in total. The second-order valence-electron chi connectivity index (χ2n) is 5.49. The number of nitrogens with one attached hydrogen (secondary N) is 1. The fourth-order valence-corrected chi connectivity index (χ4v) is 2.56. The van der Waals surface area contributed by atoms with Gasteiger partial charge >= 0.3 is 0 Å². The maximum atomic E-state index is 12.4. The minimum Gasteiger partial charge on any atom is -0.323 e. The second kappa shape index (κ2) is 5.13. The summed E-state index contributed by atoms with van der Waals surface area (Å²) in [5.74, 6) is 0.0279. The highest BCUT2D eigenvalue weighted by molar-refractivity contribution is 6.33. The molecule has 1 aromatic carbocycles. The number of amides is 1. The molecular formula is C14H16ClN5O. The molecule has 0 radical (unpaired) electrons. The molecule has 1 heterocycles. The van der Waals surface area contributed by atoms with Crippen LogP contribution in [0.4, 0.5) is 5.69 Å². The zero-order valence-corrected chi connectivity index (χ0v) is 12.3. The molecule has 1 saturated carbocycles. The monoisotopic (exact) mass is 305 g/mol. The van der Waals surface area contributed by atoms with Gasteiger partial charge in [0.2, 0.25) is 5.91 Å². The minimum atomic E-state index is -0.873. The van der Waals surface area contributed by atoms with Crippen LogP contribution in [0.2, 0.25) is 5.02 Å². The van der Waals surface area contributed by atoms with Crippen LogP contribution in [-0.2, 0) is 4.79 Å². The Labute approximate surface area is 127 Å². The van der Waals surface area contributed by atoms with Gasteiger partial charge in [-0.2, -0.15) is 5.10 Å². The molecule has 1 unspecified atom stereocenters. The molecule has 7 heteroatoms. The van der Waals surface area contributed by atoms with Crippen LogP contribution in [0.25, 0.3) is 5.69 Å². The van der Waals surface area contributed by atoms with Gasteiger partial charge in [-0.05, 0) is 37.8 Å². The third-order valence-electron chi connectivity index (χ3n) is 3.80. The van der Waals surface area contributed by atoms with Gasteiger partial charge in [-0.3, -0.25) is 4.79 Å². The van der Waals surface area contributed by atoms with E-state index in [2.05, 4.69) is 15.4 Å². The number of rotatable bonds is 4. The molecule has 3 N–H and O–H groups in total. The normalized spacial score (nSPS) is 17.3. The number of para-hydroxylation sites is 1. The van der Waals surface area contributed by atoms with Gasteiger partial charge in [0.15, 0.2) is 0 Å². The lowest BCUT2D eigenvalue weighted by molar-refractivity contribution is -0.121. The molecule has 1 amide bonds. The molecule has 0 saturated heterocycles. The van der Waals surface area contributed by atoms with E-state index in [0.29, 0.717) is 16.4 Å². The molecule has 2 aromatic rings. The largest absolute Gasteiger partial charge is 0.323 e. The van der Waals surface area contributed by atoms with Crippen LogP contribution in [0.15, 0.2) is 30.9 Å². The minimum absolute atomic E-state index is 0.214. The van der Waals surface area contributed by atoms with Gasteiger partial charge in [-0.15, -0.1) is 0 Å². The van der Waals surface area contributed by atoms with Crippen LogP contribution < -0.4 is 11.1 Å². The Kier molecular flexibility index (Phi) is 3.43. The van der Waals surface area contributed by atoms with Crippen molar-refractivity contribution in [2.45, 2.75) is 25.3 Å². The Morgan fingerprint density at radius 3 is 2.90 bits per heavy atom. The highest BCUT2D eigenvalue weighted by Gasteiger charge is 2.44. The van der Waals surface area contributed by atoms with Gasteiger partial charge in [0.25, 0.3) is 0 Å². The fourth-order valence-electron chi connectivity index (χ4n) is 2.30. The van der Waals surface area contributed by atoms with Crippen LogP contribution in [0.3, 0.4) is 0 Å². The molecule has 0 aliphatic heterocycles. The van der Waals surface area contributed by atoms with Crippen LogP contribution in [-0.4, -0.2) is 26.2 Å². The van der Waals surface area contributed by atoms with Crippen LogP contribution in [0, 0.1) is 5.92 Å². The van der Waals surface area contributed by atoms with E-state index in [1.807, 2.05) is 0 Å². The SMILES string of the molecule is CC(N)(C(=O)Nc1cccc(Cl)c1-n1cncn1)C1CC1. The summed E-state index contributed by atoms with van der Waals surface area (Å²) in [6.07, 6.45) is 4.92. The molecule has 1 aromatic heterocycles. The van der Waals surface area contributed by atoms with Crippen molar-refractivity contribution in [1.82, 2.24) is 14.8 Å². The summed E-state index contributed by atoms with van der Waals surface area (Å²) in [5, 5.41) is 7.40. The van der Waals surface area contributed by atoms with Crippen LogP contribution >= 0.6 is 11.6 Å². The lowest BCUT2D eigenvalue weighted by Crippen LogP contribution is -2.50. The van der Waals surface area contributed by atoms with Gasteiger partial charge in [0.1, 0.15) is 18.3 Å². The smallest absolute Gasteiger partial charge is 0.244 e. The summed E-state index contributed by atoms with van der Waals surface area (Å²) in [6, 6.07) is 5.27. The van der Waals surface area contributed by atoms with Gasteiger partial charge in [0.05, 0.1) is 16.2 Å². The van der Waals surface area contributed by atoms with Gasteiger partial charge < -0.3 is 11.1 Å². The van der Waals surface area contributed by atoms with Crippen molar-refractivity contribution < 1.29 is 4.79 Å². The van der Waals surface area contributed by atoms with Gasteiger partial charge in [-0.1, -0.05) is 17.7 Å². The molecule has 3 rings (SSSR count). The fraction of sp³-hybridized carbons (Fsp3) is 0.357. The highest BCUT2D eigenvalue weighted by Crippen LogP contribution is 2.39. The van der Waals surface area contributed by atoms with E-state index in [1.165, 1.54) is 17.3 Å². The first-order valence-electron chi connectivity index (χ1n) is 6.74. The first-order valence-corrected chi connectivity index (χ1v) is 7.12. The third kappa shape index (κ3) is 2.64. The molecule has 0 spiro atoms. The average molecular weight is 306 g/mol. The number of nitrogens with two attached hydrogens (primary N) is 1. The van der Waals surface area contributed by atoms with Crippen molar-refractivity contribution in [2.24, 2.45) is 11.7 Å². The molecule has 1 atom stereocenters. The first kappa shape index (κ1) is 14.0. The zero-order valence-electron chi connectivity index (χ0n) is 11.6. The highest BCUT2D eigenvalue weighted by atomic mass is 35.5. The Morgan fingerprint density at radius 1 is 1.52 bits per heavy atom. The van der Waals surface area contributed by atoms with Gasteiger partial charge in [0, 0.05) is 0 Å². The Hall–Kier alpha value is -1.92. The Balaban J connectivity index is 1.92. The van der Waals surface area contributed by atoms with Crippen molar-refractivity contribution in [3.8, 4) is 5.69 Å². The lowest BCUT2D eigenvalue weighted by atomic mass is 9.96. The molecule has 1 aliphatic rings. The number of carbonyl (C=O) groups is 1. The van der Waals surface area contributed by atoms with Crippen molar-refractivity contribution in [3.05, 3.63) is 35.9 Å². The van der Waals surface area contributed by atoms with Crippen molar-refractivity contribution in [2.75, 3.05) is 5.32 Å². The molecule has 1 fully saturated rings. The topological polar surface area (TPSA) is 85.8 Å². The number of carbonyl (C=O) groups excluding carboxylic acids is 1. The predicted molar refractivity (Wildman–Crippen MR) is 80.3 cm³/mol. The summed E-state index contributed by atoms with van der Waals surface area (Å²) >= 11 is 6.22. The van der Waals surface area contributed by atoms with E-state index in [1.54, 1.807) is 25.1 Å². The summed E-state index contributed by atoms with van der Waals surface area (Å²) in [4.78, 5) is 16.3. The average Bonchev–Trinajstić information content (AvgIpc) is 3.17. The Bertz CT molecular complexity index is 664. The molecule has 0 bridgehead atoms. The van der Waals surface area contributed by atoms with E-state index < -0.39 is 5.54 Å². The molecule has 110 valence electrons. The standard InChI is InChI=1S/C14H16ClN5O/c1-14(16,9-5-6-9)13(21)19-11-4-2-3-10(15)12(11)20-8-17-7-18-20/h2-4,7-9H,5-6,16H2,1H3,(H,19,21). The quantitative estimate of drug-likeness (QED) is 0.904. The predicted octanol–water partition coefficient (Wildman–Crippen LogP) is 1.99. The Morgan fingerprint density at radius 2 is 2.29 bits per heavy atom. The second-order valence-corrected chi connectivity index (χ2v) is 5.89. The maximum absolute atomic E-state index is 12.4. The van der Waals surface area contributed by atoms with Crippen molar-refractivity contribution in [1.29, 1.82) is 0 Å². The van der Waals surface area contributed by atoms with E-state index in [4.69, 9.17) is 17.3 Å². The van der Waals surface area contributed by atoms with Crippen LogP contribution in [0.1, 0.15) is 19.8 Å². The number of anilines is 1. The van der Waals surface area contributed by atoms with E-state index in [-0.39, 0.29) is 11.8 Å². The molecule has 21 heavy (non-hydrogen) atoms. The third-order valence-corrected chi connectivity index (χ3v) is 4.10. The maximum Gasteiger partial charge on any atom is 0.244 e. The summed E-state index contributed by atoms with van der Waals surface area (Å²) in [5.41, 5.74) is 6.41. The number of hydrogen-bond acceptors (Lipinski definition) is 4. The number of nitrogens with zero attached hydrogens (tertiary/aromatic N) is 3. The lowest BCUT2D eigenvalue weighted by Gasteiger charge is -2.24. The number of halogens is 1. The van der Waals surface area contributed by atoms with Crippen LogP contribution in [0.5, 0.6) is 0 Å². The van der Waals surface area contributed by atoms with Gasteiger partial charge in [-0.25, -0.2) is 9.67 Å². The number of hydrogen-bond donors (Lipinski definition) is 2. The summed E-state index contributed by atoms with van der Waals surface area (Å²) < 4.78 is 1.52. The number of aromatic nitrogens is 3. The number of benzene rings is 1. The first-order chi connectivity index (χ1) is 10.00. The van der Waals surface area contributed by atoms with E-state index >= 15 is 0 Å². The molecule has 1 aliphatic carbocycles. The zero-order chi connectivity index (χ0) is 15.0. The van der Waals surface area contributed by atoms with E-state index in [9.17, 15) is 4.79 Å². The molecular weight excluding hydrogens is 290 g/mol. The summed E-state index contributed by atoms with van der Waals surface area (Å²) in [7, 11) is 0. The van der Waals surface area contributed by atoms with E-state index in [0.717, 1.165) is 12.8 Å². The summed E-state index contributed by atoms with van der Waals surface area (Å²) in [6.45, 7) is 1.76. The van der Waals surface area contributed by atoms with Crippen molar-refractivity contribution >= 4 is 23.2 Å². The van der Waals surface area contributed by atoms with Crippen molar-refractivity contribution in [3.63, 3.8) is 0 Å².